The van der Waals surface area contributed by atoms with Crippen LogP contribution in [0.4, 0.5) is 0 Å². The number of benzene rings is 1. The fourth-order valence-electron chi connectivity index (χ4n) is 3.69. The molecule has 29 heavy (non-hydrogen) atoms. The molecule has 0 aliphatic carbocycles. The number of ether oxygens (including phenoxy) is 4. The van der Waals surface area contributed by atoms with Gasteiger partial charge in [0.15, 0.2) is 6.61 Å². The molecule has 0 spiro atoms. The lowest BCUT2D eigenvalue weighted by atomic mass is 10.1. The molecule has 156 valence electrons. The molecular formula is C22H27NO6. The average Bonchev–Trinajstić information content (AvgIpc) is 3.34. The normalized spacial score (nSPS) is 15.9. The van der Waals surface area contributed by atoms with Gasteiger partial charge in [-0.25, -0.2) is 4.79 Å². The summed E-state index contributed by atoms with van der Waals surface area (Å²) < 4.78 is 23.5. The van der Waals surface area contributed by atoms with Crippen molar-refractivity contribution in [3.05, 3.63) is 46.8 Å². The summed E-state index contributed by atoms with van der Waals surface area (Å²) in [6.07, 6.45) is 2.27. The molecule has 7 heteroatoms. The Bertz CT molecular complexity index is 873. The maximum absolute atomic E-state index is 12.7. The zero-order chi connectivity index (χ0) is 21.0. The van der Waals surface area contributed by atoms with E-state index >= 15 is 0 Å². The van der Waals surface area contributed by atoms with Crippen molar-refractivity contribution in [3.63, 3.8) is 0 Å². The Hall–Kier alpha value is -2.80. The van der Waals surface area contributed by atoms with Crippen LogP contribution in [-0.4, -0.2) is 49.9 Å². The van der Waals surface area contributed by atoms with Crippen molar-refractivity contribution in [2.24, 2.45) is 0 Å². The van der Waals surface area contributed by atoms with Gasteiger partial charge in [-0.15, -0.1) is 0 Å². The molecule has 1 aliphatic rings. The van der Waals surface area contributed by atoms with Gasteiger partial charge in [0.05, 0.1) is 20.3 Å². The predicted octanol–water partition coefficient (Wildman–Crippen LogP) is 3.34. The molecule has 0 unspecified atom stereocenters. The van der Waals surface area contributed by atoms with Gasteiger partial charge in [0.1, 0.15) is 17.1 Å². The number of hydrogen-bond donors (Lipinski definition) is 0. The molecule has 3 rings (SSSR count). The number of ketones is 1. The van der Waals surface area contributed by atoms with Crippen LogP contribution in [0.3, 0.4) is 0 Å². The van der Waals surface area contributed by atoms with Crippen LogP contribution >= 0.6 is 0 Å². The molecule has 1 aliphatic heterocycles. The van der Waals surface area contributed by atoms with Gasteiger partial charge in [0.25, 0.3) is 0 Å². The summed E-state index contributed by atoms with van der Waals surface area (Å²) >= 11 is 0. The number of carbonyl (C=O) groups excluding carboxylic acids is 2. The van der Waals surface area contributed by atoms with Crippen molar-refractivity contribution in [1.29, 1.82) is 0 Å². The highest BCUT2D eigenvalue weighted by Crippen LogP contribution is 2.29. The number of aryl methyl sites for hydroxylation is 1. The molecule has 1 atom stereocenters. The second-order valence-electron chi connectivity index (χ2n) is 7.07. The molecule has 0 radical (unpaired) electrons. The summed E-state index contributed by atoms with van der Waals surface area (Å²) in [6.45, 7) is 5.02. The first-order valence-electron chi connectivity index (χ1n) is 9.66. The van der Waals surface area contributed by atoms with Crippen LogP contribution in [0.2, 0.25) is 0 Å². The molecule has 1 fully saturated rings. The summed E-state index contributed by atoms with van der Waals surface area (Å²) in [5.74, 6) is -0.257. The first-order chi connectivity index (χ1) is 14.0. The summed E-state index contributed by atoms with van der Waals surface area (Å²) in [5.41, 5.74) is 2.56. The van der Waals surface area contributed by atoms with Crippen LogP contribution in [0.1, 0.15) is 44.9 Å². The number of aromatic nitrogens is 1. The van der Waals surface area contributed by atoms with Gasteiger partial charge in [-0.1, -0.05) is 6.07 Å². The second-order valence-corrected chi connectivity index (χ2v) is 7.07. The van der Waals surface area contributed by atoms with E-state index in [1.165, 1.54) is 14.2 Å². The van der Waals surface area contributed by atoms with E-state index in [4.69, 9.17) is 18.9 Å². The van der Waals surface area contributed by atoms with E-state index in [1.54, 1.807) is 18.2 Å². The van der Waals surface area contributed by atoms with E-state index in [0.717, 1.165) is 37.4 Å². The monoisotopic (exact) mass is 401 g/mol. The Morgan fingerprint density at radius 2 is 1.86 bits per heavy atom. The smallest absolute Gasteiger partial charge is 0.346 e. The van der Waals surface area contributed by atoms with Gasteiger partial charge in [-0.2, -0.15) is 0 Å². The van der Waals surface area contributed by atoms with Gasteiger partial charge in [-0.3, -0.25) is 4.79 Å². The highest BCUT2D eigenvalue weighted by atomic mass is 16.5. The molecule has 1 aromatic carbocycles. The van der Waals surface area contributed by atoms with E-state index in [1.807, 2.05) is 19.9 Å². The lowest BCUT2D eigenvalue weighted by Gasteiger charge is -2.15. The predicted molar refractivity (Wildman–Crippen MR) is 107 cm³/mol. The van der Waals surface area contributed by atoms with Crippen LogP contribution < -0.4 is 9.47 Å². The number of nitrogens with zero attached hydrogens (tertiary/aromatic N) is 1. The zero-order valence-corrected chi connectivity index (χ0v) is 17.3. The Morgan fingerprint density at radius 1 is 1.17 bits per heavy atom. The van der Waals surface area contributed by atoms with E-state index in [9.17, 15) is 9.59 Å². The van der Waals surface area contributed by atoms with Gasteiger partial charge in [-0.05, 0) is 44.9 Å². The number of rotatable bonds is 8. The Kier molecular flexibility index (Phi) is 6.59. The van der Waals surface area contributed by atoms with Crippen LogP contribution in [-0.2, 0) is 16.0 Å². The summed E-state index contributed by atoms with van der Waals surface area (Å²) in [5, 5.41) is 0. The topological polar surface area (TPSA) is 76.0 Å². The van der Waals surface area contributed by atoms with Crippen molar-refractivity contribution >= 4 is 11.8 Å². The number of carbonyl (C=O) groups is 2. The van der Waals surface area contributed by atoms with Crippen LogP contribution in [0.5, 0.6) is 11.5 Å². The van der Waals surface area contributed by atoms with Gasteiger partial charge in [0.2, 0.25) is 5.78 Å². The SMILES string of the molecule is COc1cccc(OC)c1C(=O)OCC(=O)c1cc(C)n(C[C@H]2CCCO2)c1C. The molecule has 1 saturated heterocycles. The molecule has 1 aromatic heterocycles. The first-order valence-corrected chi connectivity index (χ1v) is 9.66. The Balaban J connectivity index is 1.71. The average molecular weight is 401 g/mol. The van der Waals surface area contributed by atoms with Crippen LogP contribution in [0.15, 0.2) is 24.3 Å². The molecule has 7 nitrogen and oxygen atoms in total. The van der Waals surface area contributed by atoms with E-state index < -0.39 is 5.97 Å². The zero-order valence-electron chi connectivity index (χ0n) is 17.3. The second kappa shape index (κ2) is 9.13. The van der Waals surface area contributed by atoms with Crippen molar-refractivity contribution in [1.82, 2.24) is 4.57 Å². The lowest BCUT2D eigenvalue weighted by molar-refractivity contribution is 0.0468. The third kappa shape index (κ3) is 4.45. The quantitative estimate of drug-likeness (QED) is 0.499. The minimum absolute atomic E-state index is 0.161. The Morgan fingerprint density at radius 3 is 2.45 bits per heavy atom. The van der Waals surface area contributed by atoms with E-state index in [0.29, 0.717) is 17.1 Å². The number of Topliss-reactive ketones (excluding diaryl/α,β-unsaturated/α-hetero) is 1. The molecule has 0 saturated carbocycles. The van der Waals surface area contributed by atoms with Gasteiger partial charge >= 0.3 is 5.97 Å². The van der Waals surface area contributed by atoms with Crippen molar-refractivity contribution in [2.45, 2.75) is 39.3 Å². The van der Waals surface area contributed by atoms with Gasteiger partial charge < -0.3 is 23.5 Å². The third-order valence-electron chi connectivity index (χ3n) is 5.25. The molecule has 0 N–H and O–H groups in total. The van der Waals surface area contributed by atoms with E-state index in [-0.39, 0.29) is 24.1 Å². The highest BCUT2D eigenvalue weighted by Gasteiger charge is 2.24. The molecule has 2 heterocycles. The summed E-state index contributed by atoms with van der Waals surface area (Å²) in [4.78, 5) is 25.3. The largest absolute Gasteiger partial charge is 0.496 e. The Labute approximate surface area is 170 Å². The minimum Gasteiger partial charge on any atom is -0.496 e. The number of esters is 1. The fraction of sp³-hybridized carbons (Fsp3) is 0.455. The minimum atomic E-state index is -0.666. The van der Waals surface area contributed by atoms with Crippen molar-refractivity contribution < 1.29 is 28.5 Å². The van der Waals surface area contributed by atoms with E-state index in [2.05, 4.69) is 4.57 Å². The maximum atomic E-state index is 12.7. The number of hydrogen-bond acceptors (Lipinski definition) is 6. The standard InChI is InChI=1S/C22H27NO6/c1-14-11-17(15(2)23(14)12-16-7-6-10-28-16)18(24)13-29-22(25)21-19(26-3)8-5-9-20(21)27-4/h5,8-9,11,16H,6-7,10,12-13H2,1-4H3/t16-/m1/s1. The third-order valence-corrected chi connectivity index (χ3v) is 5.25. The number of methoxy groups -OCH3 is 2. The summed E-state index contributed by atoms with van der Waals surface area (Å²) in [7, 11) is 2.92. The molecule has 0 bridgehead atoms. The van der Waals surface area contributed by atoms with Gasteiger partial charge in [0, 0.05) is 30.1 Å². The van der Waals surface area contributed by atoms with Crippen molar-refractivity contribution in [2.75, 3.05) is 27.4 Å². The molecule has 2 aromatic rings. The highest BCUT2D eigenvalue weighted by molar-refractivity contribution is 6.01. The first kappa shape index (κ1) is 20.9. The lowest BCUT2D eigenvalue weighted by Crippen LogP contribution is -2.18. The van der Waals surface area contributed by atoms with Crippen LogP contribution in [0.25, 0.3) is 0 Å². The van der Waals surface area contributed by atoms with Crippen molar-refractivity contribution in [3.8, 4) is 11.5 Å². The maximum Gasteiger partial charge on any atom is 0.346 e. The van der Waals surface area contributed by atoms with Crippen LogP contribution in [0, 0.1) is 13.8 Å². The molecule has 0 amide bonds. The summed E-state index contributed by atoms with van der Waals surface area (Å²) in [6, 6.07) is 6.83. The fourth-order valence-corrected chi connectivity index (χ4v) is 3.69. The molecular weight excluding hydrogens is 374 g/mol.